The van der Waals surface area contributed by atoms with E-state index < -0.39 is 7.12 Å². The zero-order valence-electron chi connectivity index (χ0n) is 11.9. The third-order valence-corrected chi connectivity index (χ3v) is 3.06. The van der Waals surface area contributed by atoms with E-state index in [9.17, 15) is 4.39 Å². The minimum atomic E-state index is -0.439. The molecule has 1 aliphatic rings. The van der Waals surface area contributed by atoms with Crippen molar-refractivity contribution in [3.8, 4) is 0 Å². The fourth-order valence-corrected chi connectivity index (χ4v) is 2.09. The van der Waals surface area contributed by atoms with Crippen LogP contribution in [0.3, 0.4) is 0 Å². The fourth-order valence-electron chi connectivity index (χ4n) is 2.09. The lowest BCUT2D eigenvalue weighted by atomic mass is 9.75. The molecule has 0 aromatic heterocycles. The normalized spacial score (nSPS) is 17.2. The maximum absolute atomic E-state index is 13.4. The molecule has 0 saturated carbocycles. The Hall–Kier alpha value is -0.945. The van der Waals surface area contributed by atoms with E-state index in [1.54, 1.807) is 6.07 Å². The first-order valence-corrected chi connectivity index (χ1v) is 6.95. The summed E-state index contributed by atoms with van der Waals surface area (Å²) < 4.78 is 35.4. The molecule has 4 nitrogen and oxygen atoms in total. The highest BCUT2D eigenvalue weighted by molar-refractivity contribution is 6.61. The SMILES string of the molecule is CCOC(C)OCc1cc(F)ccc1B1OCCCO1. The summed E-state index contributed by atoms with van der Waals surface area (Å²) in [6, 6.07) is 4.55. The van der Waals surface area contributed by atoms with Crippen LogP contribution in [-0.4, -0.2) is 33.2 Å². The summed E-state index contributed by atoms with van der Waals surface area (Å²) in [4.78, 5) is 0. The van der Waals surface area contributed by atoms with Crippen LogP contribution in [0.2, 0.25) is 0 Å². The smallest absolute Gasteiger partial charge is 0.407 e. The lowest BCUT2D eigenvalue weighted by Gasteiger charge is -2.22. The predicted molar refractivity (Wildman–Crippen MR) is 74.2 cm³/mol. The summed E-state index contributed by atoms with van der Waals surface area (Å²) in [5.41, 5.74) is 1.54. The van der Waals surface area contributed by atoms with Crippen molar-refractivity contribution in [2.24, 2.45) is 0 Å². The van der Waals surface area contributed by atoms with Gasteiger partial charge in [-0.2, -0.15) is 0 Å². The Morgan fingerprint density at radius 1 is 1.30 bits per heavy atom. The highest BCUT2D eigenvalue weighted by Gasteiger charge is 2.27. The molecule has 0 radical (unpaired) electrons. The molecule has 1 heterocycles. The van der Waals surface area contributed by atoms with E-state index in [2.05, 4.69) is 0 Å². The Labute approximate surface area is 119 Å². The van der Waals surface area contributed by atoms with Crippen molar-refractivity contribution >= 4 is 12.6 Å². The molecule has 1 aliphatic heterocycles. The van der Waals surface area contributed by atoms with Gasteiger partial charge in [0.15, 0.2) is 6.29 Å². The molecule has 0 spiro atoms. The van der Waals surface area contributed by atoms with E-state index in [1.165, 1.54) is 12.1 Å². The molecule has 1 aromatic carbocycles. The quantitative estimate of drug-likeness (QED) is 0.589. The third kappa shape index (κ3) is 4.28. The van der Waals surface area contributed by atoms with Crippen LogP contribution in [0, 0.1) is 5.82 Å². The molecular weight excluding hydrogens is 262 g/mol. The first-order chi connectivity index (χ1) is 9.70. The standard InChI is InChI=1S/C14H20BFO4/c1-3-17-11(2)18-10-12-9-13(16)5-6-14(12)15-19-7-4-8-20-15/h5-6,9,11H,3-4,7-8,10H2,1-2H3. The molecule has 1 saturated heterocycles. The largest absolute Gasteiger partial charge is 0.494 e. The van der Waals surface area contributed by atoms with Gasteiger partial charge >= 0.3 is 7.12 Å². The summed E-state index contributed by atoms with van der Waals surface area (Å²) in [5.74, 6) is -0.299. The molecule has 0 bridgehead atoms. The van der Waals surface area contributed by atoms with Gasteiger partial charge in [0.25, 0.3) is 0 Å². The predicted octanol–water partition coefficient (Wildman–Crippen LogP) is 1.86. The number of ether oxygens (including phenoxy) is 2. The lowest BCUT2D eigenvalue weighted by Crippen LogP contribution is -2.43. The number of rotatable bonds is 6. The Kier molecular flexibility index (Phi) is 5.97. The van der Waals surface area contributed by atoms with Gasteiger partial charge in [0.2, 0.25) is 0 Å². The molecule has 0 N–H and O–H groups in total. The van der Waals surface area contributed by atoms with Crippen LogP contribution in [0.15, 0.2) is 18.2 Å². The summed E-state index contributed by atoms with van der Waals surface area (Å²) in [7, 11) is -0.439. The van der Waals surface area contributed by atoms with E-state index in [0.717, 1.165) is 17.4 Å². The Morgan fingerprint density at radius 2 is 2.05 bits per heavy atom. The maximum atomic E-state index is 13.4. The second-order valence-electron chi connectivity index (χ2n) is 4.60. The lowest BCUT2D eigenvalue weighted by molar-refractivity contribution is -0.134. The van der Waals surface area contributed by atoms with Crippen LogP contribution in [0.1, 0.15) is 25.8 Å². The minimum Gasteiger partial charge on any atom is -0.407 e. The summed E-state index contributed by atoms with van der Waals surface area (Å²) in [6.45, 7) is 5.85. The Morgan fingerprint density at radius 3 is 2.75 bits per heavy atom. The molecule has 1 atom stereocenters. The number of benzene rings is 1. The van der Waals surface area contributed by atoms with Crippen molar-refractivity contribution in [3.05, 3.63) is 29.6 Å². The third-order valence-electron chi connectivity index (χ3n) is 3.06. The molecule has 1 aromatic rings. The minimum absolute atomic E-state index is 0.261. The average molecular weight is 282 g/mol. The van der Waals surface area contributed by atoms with Gasteiger partial charge in [0.05, 0.1) is 6.61 Å². The monoisotopic (exact) mass is 282 g/mol. The van der Waals surface area contributed by atoms with Crippen molar-refractivity contribution in [2.75, 3.05) is 19.8 Å². The van der Waals surface area contributed by atoms with Crippen LogP contribution >= 0.6 is 0 Å². The zero-order valence-corrected chi connectivity index (χ0v) is 11.9. The van der Waals surface area contributed by atoms with Crippen molar-refractivity contribution in [1.82, 2.24) is 0 Å². The highest BCUT2D eigenvalue weighted by Crippen LogP contribution is 2.10. The molecular formula is C14H20BFO4. The van der Waals surface area contributed by atoms with E-state index in [0.29, 0.717) is 19.8 Å². The van der Waals surface area contributed by atoms with Gasteiger partial charge in [0, 0.05) is 19.8 Å². The van der Waals surface area contributed by atoms with Gasteiger partial charge in [-0.05, 0) is 43.4 Å². The van der Waals surface area contributed by atoms with Crippen molar-refractivity contribution in [1.29, 1.82) is 0 Å². The summed E-state index contributed by atoms with van der Waals surface area (Å²) in [6.07, 6.45) is 0.551. The molecule has 1 unspecified atom stereocenters. The van der Waals surface area contributed by atoms with Gasteiger partial charge in [-0.25, -0.2) is 4.39 Å². The topological polar surface area (TPSA) is 36.9 Å². The number of hydrogen-bond donors (Lipinski definition) is 0. The first kappa shape index (κ1) is 15.4. The summed E-state index contributed by atoms with van der Waals surface area (Å²) >= 11 is 0. The fraction of sp³-hybridized carbons (Fsp3) is 0.571. The first-order valence-electron chi connectivity index (χ1n) is 6.95. The Bertz CT molecular complexity index is 424. The zero-order chi connectivity index (χ0) is 14.4. The van der Waals surface area contributed by atoms with E-state index in [-0.39, 0.29) is 18.7 Å². The van der Waals surface area contributed by atoms with E-state index in [1.807, 2.05) is 13.8 Å². The van der Waals surface area contributed by atoms with Gasteiger partial charge in [0.1, 0.15) is 5.82 Å². The van der Waals surface area contributed by atoms with Gasteiger partial charge in [-0.3, -0.25) is 0 Å². The summed E-state index contributed by atoms with van der Waals surface area (Å²) in [5, 5.41) is 0. The second kappa shape index (κ2) is 7.74. The van der Waals surface area contributed by atoms with E-state index >= 15 is 0 Å². The molecule has 110 valence electrons. The van der Waals surface area contributed by atoms with Crippen LogP contribution in [-0.2, 0) is 25.4 Å². The molecule has 6 heteroatoms. The van der Waals surface area contributed by atoms with Crippen molar-refractivity contribution in [3.63, 3.8) is 0 Å². The second-order valence-corrected chi connectivity index (χ2v) is 4.60. The van der Waals surface area contributed by atoms with Crippen LogP contribution in [0.5, 0.6) is 0 Å². The molecule has 1 fully saturated rings. The van der Waals surface area contributed by atoms with Crippen LogP contribution in [0.4, 0.5) is 4.39 Å². The van der Waals surface area contributed by atoms with Crippen LogP contribution < -0.4 is 5.46 Å². The van der Waals surface area contributed by atoms with Gasteiger partial charge in [-0.15, -0.1) is 0 Å². The molecule has 0 amide bonds. The van der Waals surface area contributed by atoms with Crippen LogP contribution in [0.25, 0.3) is 0 Å². The number of halogens is 1. The maximum Gasteiger partial charge on any atom is 0.494 e. The van der Waals surface area contributed by atoms with Gasteiger partial charge in [-0.1, -0.05) is 6.07 Å². The number of hydrogen-bond acceptors (Lipinski definition) is 4. The molecule has 0 aliphatic carbocycles. The molecule has 20 heavy (non-hydrogen) atoms. The molecule has 2 rings (SSSR count). The highest BCUT2D eigenvalue weighted by atomic mass is 19.1. The van der Waals surface area contributed by atoms with Gasteiger partial charge < -0.3 is 18.8 Å². The average Bonchev–Trinajstić information content (AvgIpc) is 2.46. The Balaban J connectivity index is 2.07. The van der Waals surface area contributed by atoms with Crippen molar-refractivity contribution < 1.29 is 23.2 Å². The van der Waals surface area contributed by atoms with E-state index in [4.69, 9.17) is 18.8 Å². The van der Waals surface area contributed by atoms with Crippen molar-refractivity contribution in [2.45, 2.75) is 33.2 Å².